The van der Waals surface area contributed by atoms with Crippen LogP contribution in [0.25, 0.3) is 0 Å². The Morgan fingerprint density at radius 3 is 2.71 bits per heavy atom. The Balaban J connectivity index is 1.88. The number of hydrogen-bond donors (Lipinski definition) is 2. The SMILES string of the molecule is CCCC1CCN(C(=O)Nc2ccc(C(C)NC)cc2)C1. The Morgan fingerprint density at radius 2 is 2.10 bits per heavy atom. The maximum Gasteiger partial charge on any atom is 0.321 e. The highest BCUT2D eigenvalue weighted by Gasteiger charge is 2.25. The van der Waals surface area contributed by atoms with Crippen LogP contribution in [-0.4, -0.2) is 31.1 Å². The highest BCUT2D eigenvalue weighted by atomic mass is 16.2. The lowest BCUT2D eigenvalue weighted by molar-refractivity contribution is 0.220. The summed E-state index contributed by atoms with van der Waals surface area (Å²) in [6.45, 7) is 6.10. The number of nitrogens with zero attached hydrogens (tertiary/aromatic N) is 1. The van der Waals surface area contributed by atoms with Crippen molar-refractivity contribution in [2.45, 2.75) is 39.2 Å². The van der Waals surface area contributed by atoms with E-state index in [0.717, 1.165) is 25.2 Å². The van der Waals surface area contributed by atoms with Gasteiger partial charge in [-0.2, -0.15) is 0 Å². The molecular formula is C17H27N3O. The van der Waals surface area contributed by atoms with Crippen LogP contribution in [0.15, 0.2) is 24.3 Å². The number of carbonyl (C=O) groups is 1. The van der Waals surface area contributed by atoms with Gasteiger partial charge in [-0.05, 0) is 50.4 Å². The zero-order chi connectivity index (χ0) is 15.2. The van der Waals surface area contributed by atoms with Crippen molar-refractivity contribution in [1.82, 2.24) is 10.2 Å². The minimum atomic E-state index is 0.0306. The first-order valence-corrected chi connectivity index (χ1v) is 7.97. The van der Waals surface area contributed by atoms with Crippen molar-refractivity contribution in [3.63, 3.8) is 0 Å². The molecule has 1 aliphatic rings. The molecule has 1 fully saturated rings. The van der Waals surface area contributed by atoms with E-state index < -0.39 is 0 Å². The van der Waals surface area contributed by atoms with Crippen LogP contribution in [0.4, 0.5) is 10.5 Å². The van der Waals surface area contributed by atoms with Crippen LogP contribution in [0.3, 0.4) is 0 Å². The second kappa shape index (κ2) is 7.46. The molecule has 2 amide bonds. The van der Waals surface area contributed by atoms with Gasteiger partial charge in [-0.3, -0.25) is 0 Å². The summed E-state index contributed by atoms with van der Waals surface area (Å²) in [6.07, 6.45) is 3.56. The number of rotatable bonds is 5. The standard InChI is InChI=1S/C17H27N3O/c1-4-5-14-10-11-20(12-14)17(21)19-16-8-6-15(7-9-16)13(2)18-3/h6-9,13-14,18H,4-5,10-12H2,1-3H3,(H,19,21). The Labute approximate surface area is 127 Å². The zero-order valence-corrected chi connectivity index (χ0v) is 13.4. The molecule has 1 aromatic carbocycles. The van der Waals surface area contributed by atoms with E-state index in [1.807, 2.05) is 24.1 Å². The van der Waals surface area contributed by atoms with Gasteiger partial charge in [-0.15, -0.1) is 0 Å². The van der Waals surface area contributed by atoms with Gasteiger partial charge in [-0.25, -0.2) is 4.79 Å². The van der Waals surface area contributed by atoms with E-state index in [4.69, 9.17) is 0 Å². The van der Waals surface area contributed by atoms with Crippen molar-refractivity contribution < 1.29 is 4.79 Å². The van der Waals surface area contributed by atoms with Crippen LogP contribution >= 0.6 is 0 Å². The molecule has 0 spiro atoms. The fourth-order valence-electron chi connectivity index (χ4n) is 2.89. The second-order valence-electron chi connectivity index (χ2n) is 5.95. The van der Waals surface area contributed by atoms with Gasteiger partial charge >= 0.3 is 6.03 Å². The molecule has 0 aliphatic carbocycles. The van der Waals surface area contributed by atoms with Crippen molar-refractivity contribution in [3.8, 4) is 0 Å². The van der Waals surface area contributed by atoms with Gasteiger partial charge in [0.1, 0.15) is 0 Å². The molecule has 2 atom stereocenters. The topological polar surface area (TPSA) is 44.4 Å². The van der Waals surface area contributed by atoms with Gasteiger partial charge in [0.05, 0.1) is 0 Å². The Morgan fingerprint density at radius 1 is 1.38 bits per heavy atom. The Bertz CT molecular complexity index is 458. The number of carbonyl (C=O) groups excluding carboxylic acids is 1. The summed E-state index contributed by atoms with van der Waals surface area (Å²) in [5, 5.41) is 6.20. The van der Waals surface area contributed by atoms with E-state index in [1.54, 1.807) is 0 Å². The molecule has 4 heteroatoms. The van der Waals surface area contributed by atoms with E-state index >= 15 is 0 Å². The highest BCUT2D eigenvalue weighted by molar-refractivity contribution is 5.89. The molecule has 2 rings (SSSR count). The van der Waals surface area contributed by atoms with Gasteiger partial charge in [0, 0.05) is 24.8 Å². The average Bonchev–Trinajstić information content (AvgIpc) is 2.96. The molecule has 1 aliphatic heterocycles. The number of benzene rings is 1. The lowest BCUT2D eigenvalue weighted by Gasteiger charge is -2.18. The molecule has 0 aromatic heterocycles. The van der Waals surface area contributed by atoms with Gasteiger partial charge in [0.25, 0.3) is 0 Å². The minimum absolute atomic E-state index is 0.0306. The average molecular weight is 289 g/mol. The van der Waals surface area contributed by atoms with Crippen molar-refractivity contribution in [1.29, 1.82) is 0 Å². The quantitative estimate of drug-likeness (QED) is 0.869. The van der Waals surface area contributed by atoms with Crippen molar-refractivity contribution >= 4 is 11.7 Å². The van der Waals surface area contributed by atoms with Gasteiger partial charge in [0.15, 0.2) is 0 Å². The predicted octanol–water partition coefficient (Wildman–Crippen LogP) is 3.62. The van der Waals surface area contributed by atoms with Crippen LogP contribution in [0.2, 0.25) is 0 Å². The first kappa shape index (κ1) is 15.8. The minimum Gasteiger partial charge on any atom is -0.324 e. The molecule has 1 heterocycles. The van der Waals surface area contributed by atoms with Crippen LogP contribution in [0, 0.1) is 5.92 Å². The number of urea groups is 1. The first-order chi connectivity index (χ1) is 10.1. The zero-order valence-electron chi connectivity index (χ0n) is 13.4. The molecule has 2 N–H and O–H groups in total. The maximum absolute atomic E-state index is 12.2. The number of hydrogen-bond acceptors (Lipinski definition) is 2. The molecule has 0 bridgehead atoms. The third kappa shape index (κ3) is 4.21. The number of nitrogens with one attached hydrogen (secondary N) is 2. The lowest BCUT2D eigenvalue weighted by Crippen LogP contribution is -2.33. The maximum atomic E-state index is 12.2. The molecule has 4 nitrogen and oxygen atoms in total. The first-order valence-electron chi connectivity index (χ1n) is 7.97. The monoisotopic (exact) mass is 289 g/mol. The summed E-state index contributed by atoms with van der Waals surface area (Å²) in [6, 6.07) is 8.41. The lowest BCUT2D eigenvalue weighted by atomic mass is 10.0. The van der Waals surface area contributed by atoms with Crippen LogP contribution in [-0.2, 0) is 0 Å². The summed E-state index contributed by atoms with van der Waals surface area (Å²) < 4.78 is 0. The smallest absolute Gasteiger partial charge is 0.321 e. The van der Waals surface area contributed by atoms with Crippen LogP contribution in [0.5, 0.6) is 0 Å². The molecule has 116 valence electrons. The van der Waals surface area contributed by atoms with Crippen molar-refractivity contribution in [2.75, 3.05) is 25.5 Å². The molecule has 2 unspecified atom stereocenters. The molecule has 1 aromatic rings. The van der Waals surface area contributed by atoms with Crippen molar-refractivity contribution in [2.24, 2.45) is 5.92 Å². The van der Waals surface area contributed by atoms with Crippen molar-refractivity contribution in [3.05, 3.63) is 29.8 Å². The predicted molar refractivity (Wildman–Crippen MR) is 87.5 cm³/mol. The number of anilines is 1. The molecule has 0 radical (unpaired) electrons. The molecular weight excluding hydrogens is 262 g/mol. The van der Waals surface area contributed by atoms with Crippen LogP contribution < -0.4 is 10.6 Å². The molecule has 1 saturated heterocycles. The van der Waals surface area contributed by atoms with E-state index in [-0.39, 0.29) is 6.03 Å². The third-order valence-corrected chi connectivity index (χ3v) is 4.36. The fourth-order valence-corrected chi connectivity index (χ4v) is 2.89. The van der Waals surface area contributed by atoms with E-state index in [2.05, 4.69) is 36.6 Å². The Hall–Kier alpha value is -1.55. The largest absolute Gasteiger partial charge is 0.324 e. The summed E-state index contributed by atoms with van der Waals surface area (Å²) in [5.74, 6) is 0.680. The number of likely N-dealkylation sites (tertiary alicyclic amines) is 1. The summed E-state index contributed by atoms with van der Waals surface area (Å²) in [7, 11) is 1.94. The van der Waals surface area contributed by atoms with Crippen LogP contribution in [0.1, 0.15) is 44.7 Å². The third-order valence-electron chi connectivity index (χ3n) is 4.36. The van der Waals surface area contributed by atoms with E-state index in [1.165, 1.54) is 18.4 Å². The second-order valence-corrected chi connectivity index (χ2v) is 5.95. The van der Waals surface area contributed by atoms with E-state index in [9.17, 15) is 4.79 Å². The highest BCUT2D eigenvalue weighted by Crippen LogP contribution is 2.22. The summed E-state index contributed by atoms with van der Waals surface area (Å²) in [4.78, 5) is 14.2. The summed E-state index contributed by atoms with van der Waals surface area (Å²) >= 11 is 0. The van der Waals surface area contributed by atoms with E-state index in [0.29, 0.717) is 12.0 Å². The fraction of sp³-hybridized carbons (Fsp3) is 0.588. The molecule has 0 saturated carbocycles. The normalized spacial score (nSPS) is 19.6. The van der Waals surface area contributed by atoms with Gasteiger partial charge in [-0.1, -0.05) is 25.5 Å². The van der Waals surface area contributed by atoms with Gasteiger partial charge in [0.2, 0.25) is 0 Å². The number of amides is 2. The van der Waals surface area contributed by atoms with Gasteiger partial charge < -0.3 is 15.5 Å². The molecule has 21 heavy (non-hydrogen) atoms. The summed E-state index contributed by atoms with van der Waals surface area (Å²) in [5.41, 5.74) is 2.09. The Kier molecular flexibility index (Phi) is 5.62.